The summed E-state index contributed by atoms with van der Waals surface area (Å²) in [6.07, 6.45) is -2.54. The van der Waals surface area contributed by atoms with E-state index in [1.54, 1.807) is 43.6 Å². The Hall–Kier alpha value is -2.92. The van der Waals surface area contributed by atoms with Crippen LogP contribution in [0.25, 0.3) is 11.3 Å². The molecule has 168 valence electrons. The number of likely N-dealkylation sites (N-methyl/N-ethyl adjacent to an activating group) is 1. The molecule has 0 aliphatic rings. The number of alkyl halides is 3. The minimum Gasteiger partial charge on any atom is -0.463 e. The topological polar surface area (TPSA) is 110 Å². The van der Waals surface area contributed by atoms with E-state index in [2.05, 4.69) is 15.3 Å². The Morgan fingerprint density at radius 3 is 2.71 bits per heavy atom. The maximum absolute atomic E-state index is 12.9. The largest absolute Gasteiger partial charge is 0.463 e. The lowest BCUT2D eigenvalue weighted by atomic mass is 10.2. The molecule has 0 fully saturated rings. The second kappa shape index (κ2) is 10.9. The molecule has 0 aliphatic carbocycles. The molecule has 4 N–H and O–H groups in total. The monoisotopic (exact) mass is 456 g/mol. The number of ether oxygens (including phenoxy) is 1. The zero-order chi connectivity index (χ0) is 23.0. The minimum absolute atomic E-state index is 0.114. The summed E-state index contributed by atoms with van der Waals surface area (Å²) < 4.78 is 55.4. The van der Waals surface area contributed by atoms with Gasteiger partial charge in [-0.15, -0.1) is 0 Å². The van der Waals surface area contributed by atoms with Gasteiger partial charge in [-0.2, -0.15) is 13.2 Å². The Morgan fingerprint density at radius 2 is 2.06 bits per heavy atom. The normalized spacial score (nSPS) is 13.8. The fraction of sp³-hybridized carbons (Fsp3) is 0.300. The highest BCUT2D eigenvalue weighted by molar-refractivity contribution is 7.84. The van der Waals surface area contributed by atoms with Crippen LogP contribution in [0.5, 0.6) is 0 Å². The second-order valence-electron chi connectivity index (χ2n) is 6.39. The summed E-state index contributed by atoms with van der Waals surface area (Å²) in [6, 6.07) is 10.1. The van der Waals surface area contributed by atoms with Crippen LogP contribution in [0.15, 0.2) is 58.1 Å². The number of hydrogen-bond acceptors (Lipinski definition) is 6. The summed E-state index contributed by atoms with van der Waals surface area (Å²) in [5.41, 5.74) is 5.14. The first-order chi connectivity index (χ1) is 14.6. The van der Waals surface area contributed by atoms with Crippen LogP contribution in [0.3, 0.4) is 0 Å². The van der Waals surface area contributed by atoms with E-state index in [-0.39, 0.29) is 18.0 Å². The summed E-state index contributed by atoms with van der Waals surface area (Å²) in [5, 5.41) is 2.80. The summed E-state index contributed by atoms with van der Waals surface area (Å²) in [6.45, 7) is 0.0761. The fourth-order valence-electron chi connectivity index (χ4n) is 2.46. The van der Waals surface area contributed by atoms with E-state index < -0.39 is 35.2 Å². The van der Waals surface area contributed by atoms with E-state index in [1.165, 1.54) is 6.07 Å². The molecule has 11 heteroatoms. The SMILES string of the molecule is CNCCOC(=O)CN=C(/C=C(\N)C(F)(F)F)c1ccc(-c2cccc(S(C)=O)c2)[nH]1. The summed E-state index contributed by atoms with van der Waals surface area (Å²) in [5.74, 6) is -0.684. The van der Waals surface area contributed by atoms with Crippen molar-refractivity contribution >= 4 is 22.5 Å². The minimum atomic E-state index is -4.75. The Kier molecular flexibility index (Phi) is 8.57. The molecule has 0 saturated heterocycles. The fourth-order valence-corrected chi connectivity index (χ4v) is 3.02. The molecule has 2 rings (SSSR count). The number of nitrogens with zero attached hydrogens (tertiary/aromatic N) is 1. The van der Waals surface area contributed by atoms with Crippen molar-refractivity contribution < 1.29 is 26.9 Å². The molecule has 1 atom stereocenters. The third-order valence-corrected chi connectivity index (χ3v) is 4.97. The molecule has 0 aliphatic heterocycles. The van der Waals surface area contributed by atoms with Crippen molar-refractivity contribution in [2.45, 2.75) is 11.1 Å². The van der Waals surface area contributed by atoms with E-state index >= 15 is 0 Å². The Labute approximate surface area is 180 Å². The highest BCUT2D eigenvalue weighted by Gasteiger charge is 2.32. The van der Waals surface area contributed by atoms with Crippen molar-refractivity contribution in [1.29, 1.82) is 0 Å². The summed E-state index contributed by atoms with van der Waals surface area (Å²) in [4.78, 5) is 19.3. The van der Waals surface area contributed by atoms with Gasteiger partial charge >= 0.3 is 12.1 Å². The van der Waals surface area contributed by atoms with Crippen LogP contribution in [-0.2, 0) is 20.3 Å². The molecule has 0 spiro atoms. The average molecular weight is 456 g/mol. The van der Waals surface area contributed by atoms with Crippen molar-refractivity contribution in [3.05, 3.63) is 53.9 Å². The van der Waals surface area contributed by atoms with Gasteiger partial charge in [-0.3, -0.25) is 14.0 Å². The highest BCUT2D eigenvalue weighted by atomic mass is 32.2. The summed E-state index contributed by atoms with van der Waals surface area (Å²) >= 11 is 0. The van der Waals surface area contributed by atoms with Gasteiger partial charge in [0.05, 0.1) is 11.4 Å². The van der Waals surface area contributed by atoms with Crippen molar-refractivity contribution in [2.75, 3.05) is 33.0 Å². The second-order valence-corrected chi connectivity index (χ2v) is 7.77. The molecule has 31 heavy (non-hydrogen) atoms. The van der Waals surface area contributed by atoms with Crippen LogP contribution in [0, 0.1) is 0 Å². The number of halogens is 3. The number of H-pyrrole nitrogens is 1. The highest BCUT2D eigenvalue weighted by Crippen LogP contribution is 2.24. The van der Waals surface area contributed by atoms with E-state index in [0.29, 0.717) is 28.8 Å². The van der Waals surface area contributed by atoms with Gasteiger partial charge in [0, 0.05) is 34.2 Å². The van der Waals surface area contributed by atoms with Crippen LogP contribution in [-0.4, -0.2) is 60.1 Å². The first-order valence-electron chi connectivity index (χ1n) is 9.14. The van der Waals surface area contributed by atoms with Gasteiger partial charge in [0.1, 0.15) is 18.8 Å². The molecule has 1 heterocycles. The van der Waals surface area contributed by atoms with Crippen molar-refractivity contribution in [1.82, 2.24) is 10.3 Å². The van der Waals surface area contributed by atoms with E-state index in [4.69, 9.17) is 10.5 Å². The number of benzene rings is 1. The van der Waals surface area contributed by atoms with Gasteiger partial charge in [-0.05, 0) is 43.0 Å². The van der Waals surface area contributed by atoms with Crippen LogP contribution in [0.4, 0.5) is 13.2 Å². The lowest BCUT2D eigenvalue weighted by Gasteiger charge is -2.08. The summed E-state index contributed by atoms with van der Waals surface area (Å²) in [7, 11) is 0.497. The van der Waals surface area contributed by atoms with Gasteiger partial charge in [0.25, 0.3) is 0 Å². The number of carbonyl (C=O) groups is 1. The molecule has 1 aromatic carbocycles. The molecule has 2 aromatic rings. The molecule has 0 amide bonds. The Morgan fingerprint density at radius 1 is 1.32 bits per heavy atom. The third-order valence-electron chi connectivity index (χ3n) is 4.05. The van der Waals surface area contributed by atoms with Gasteiger partial charge in [-0.1, -0.05) is 12.1 Å². The standard InChI is InChI=1S/C20H23F3N4O3S/c1-25-8-9-30-19(28)12-26-17(11-18(24)20(21,22)23)16-7-6-15(27-16)13-4-3-5-14(10-13)31(2)29/h3-7,10-11,25,27H,8-9,12,24H2,1-2H3/b18-11-,26-17?. The van der Waals surface area contributed by atoms with E-state index in [0.717, 1.165) is 0 Å². The van der Waals surface area contributed by atoms with Crippen LogP contribution in [0.1, 0.15) is 5.69 Å². The molecule has 1 unspecified atom stereocenters. The molecule has 1 aromatic heterocycles. The molecule has 0 radical (unpaired) electrons. The lowest BCUT2D eigenvalue weighted by molar-refractivity contribution is -0.141. The lowest BCUT2D eigenvalue weighted by Crippen LogP contribution is -2.22. The number of rotatable bonds is 9. The van der Waals surface area contributed by atoms with E-state index in [1.807, 2.05) is 0 Å². The predicted octanol–water partition coefficient (Wildman–Crippen LogP) is 2.38. The zero-order valence-electron chi connectivity index (χ0n) is 17.0. The van der Waals surface area contributed by atoms with Crippen molar-refractivity contribution in [3.63, 3.8) is 0 Å². The molecular formula is C20H23F3N4O3S. The number of aromatic nitrogens is 1. The van der Waals surface area contributed by atoms with Gasteiger partial charge in [0.15, 0.2) is 0 Å². The maximum Gasteiger partial charge on any atom is 0.430 e. The van der Waals surface area contributed by atoms with Crippen LogP contribution >= 0.6 is 0 Å². The van der Waals surface area contributed by atoms with Gasteiger partial charge in [-0.25, -0.2) is 0 Å². The predicted molar refractivity (Wildman–Crippen MR) is 113 cm³/mol. The number of aliphatic imine (C=N–C) groups is 1. The number of allylic oxidation sites excluding steroid dienone is 2. The van der Waals surface area contributed by atoms with Gasteiger partial charge < -0.3 is 20.8 Å². The molecule has 7 nitrogen and oxygen atoms in total. The quantitative estimate of drug-likeness (QED) is 0.305. The Bertz CT molecular complexity index is 1000. The van der Waals surface area contributed by atoms with Crippen molar-refractivity contribution in [3.8, 4) is 11.3 Å². The zero-order valence-corrected chi connectivity index (χ0v) is 17.8. The van der Waals surface area contributed by atoms with Crippen LogP contribution in [0.2, 0.25) is 0 Å². The first kappa shape index (κ1) is 24.4. The maximum atomic E-state index is 12.9. The van der Waals surface area contributed by atoms with Crippen LogP contribution < -0.4 is 11.1 Å². The number of esters is 1. The number of hydrogen-bond donors (Lipinski definition) is 3. The third kappa shape index (κ3) is 7.37. The smallest absolute Gasteiger partial charge is 0.430 e. The number of carbonyl (C=O) groups excluding carboxylic acids is 1. The molecule has 0 saturated carbocycles. The van der Waals surface area contributed by atoms with E-state index in [9.17, 15) is 22.2 Å². The molecular weight excluding hydrogens is 433 g/mol. The first-order valence-corrected chi connectivity index (χ1v) is 10.7. The number of nitrogens with one attached hydrogen (secondary N) is 2. The average Bonchev–Trinajstić information content (AvgIpc) is 3.20. The molecule has 0 bridgehead atoms. The van der Waals surface area contributed by atoms with Gasteiger partial charge in [0.2, 0.25) is 0 Å². The number of aromatic amines is 1. The number of nitrogens with two attached hydrogens (primary N) is 1. The Balaban J connectivity index is 2.34. The van der Waals surface area contributed by atoms with Crippen molar-refractivity contribution in [2.24, 2.45) is 10.7 Å².